The SMILES string of the molecule is CCC1(CC)C(NC(=O)c2ccc(N)c([N+](=O)[O-])c2)CC1OC. The third-order valence-electron chi connectivity index (χ3n) is 5.18. The Hall–Kier alpha value is -2.15. The molecule has 1 aromatic carbocycles. The predicted octanol–water partition coefficient (Wildman–Crippen LogP) is 2.50. The van der Waals surface area contributed by atoms with E-state index >= 15 is 0 Å². The van der Waals surface area contributed by atoms with E-state index in [4.69, 9.17) is 10.5 Å². The number of nitrogens with one attached hydrogen (secondary N) is 1. The summed E-state index contributed by atoms with van der Waals surface area (Å²) in [6, 6.07) is 4.12. The van der Waals surface area contributed by atoms with Gasteiger partial charge in [0.25, 0.3) is 11.6 Å². The van der Waals surface area contributed by atoms with Gasteiger partial charge in [-0.05, 0) is 31.4 Å². The molecule has 2 unspecified atom stereocenters. The lowest BCUT2D eigenvalue weighted by Crippen LogP contribution is -2.64. The predicted molar refractivity (Wildman–Crippen MR) is 87.2 cm³/mol. The minimum absolute atomic E-state index is 0.00607. The number of nitrogens with zero attached hydrogens (tertiary/aromatic N) is 1. The molecule has 1 aliphatic carbocycles. The Balaban J connectivity index is 2.17. The summed E-state index contributed by atoms with van der Waals surface area (Å²) in [7, 11) is 1.69. The third kappa shape index (κ3) is 2.88. The van der Waals surface area contributed by atoms with E-state index in [-0.39, 0.29) is 40.4 Å². The van der Waals surface area contributed by atoms with Gasteiger partial charge in [0.05, 0.1) is 11.0 Å². The van der Waals surface area contributed by atoms with E-state index in [1.165, 1.54) is 18.2 Å². The monoisotopic (exact) mass is 321 g/mol. The maximum atomic E-state index is 12.4. The standard InChI is InChI=1S/C16H23N3O4/c1-4-16(5-2)13(9-14(16)23-3)18-15(20)10-6-7-11(17)12(8-10)19(21)22/h6-8,13-14H,4-5,9,17H2,1-3H3,(H,18,20). The van der Waals surface area contributed by atoms with Crippen molar-refractivity contribution >= 4 is 17.3 Å². The number of ether oxygens (including phenoxy) is 1. The van der Waals surface area contributed by atoms with Crippen molar-refractivity contribution in [1.29, 1.82) is 0 Å². The average Bonchev–Trinajstić information content (AvgIpc) is 2.52. The number of methoxy groups -OCH3 is 1. The van der Waals surface area contributed by atoms with Gasteiger partial charge >= 0.3 is 0 Å². The van der Waals surface area contributed by atoms with Crippen LogP contribution in [0, 0.1) is 15.5 Å². The maximum Gasteiger partial charge on any atom is 0.292 e. The number of rotatable bonds is 6. The molecule has 23 heavy (non-hydrogen) atoms. The fourth-order valence-electron chi connectivity index (χ4n) is 3.56. The summed E-state index contributed by atoms with van der Waals surface area (Å²) in [6.07, 6.45) is 2.67. The van der Waals surface area contributed by atoms with Gasteiger partial charge in [-0.2, -0.15) is 0 Å². The average molecular weight is 321 g/mol. The van der Waals surface area contributed by atoms with Crippen molar-refractivity contribution < 1.29 is 14.5 Å². The first-order chi connectivity index (χ1) is 10.9. The molecule has 2 rings (SSSR count). The second kappa shape index (κ2) is 6.54. The minimum Gasteiger partial charge on any atom is -0.393 e. The molecule has 0 saturated heterocycles. The molecule has 126 valence electrons. The van der Waals surface area contributed by atoms with E-state index in [1.807, 2.05) is 0 Å². The maximum absolute atomic E-state index is 12.4. The van der Waals surface area contributed by atoms with Crippen LogP contribution >= 0.6 is 0 Å². The number of nitrogen functional groups attached to an aromatic ring is 1. The normalized spacial score (nSPS) is 22.2. The second-order valence-corrected chi connectivity index (χ2v) is 5.96. The van der Waals surface area contributed by atoms with Crippen LogP contribution in [0.2, 0.25) is 0 Å². The number of carbonyl (C=O) groups is 1. The molecule has 0 aromatic heterocycles. The van der Waals surface area contributed by atoms with Crippen molar-refractivity contribution in [3.8, 4) is 0 Å². The van der Waals surface area contributed by atoms with Gasteiger partial charge in [0.1, 0.15) is 5.69 Å². The zero-order valence-corrected chi connectivity index (χ0v) is 13.7. The summed E-state index contributed by atoms with van der Waals surface area (Å²) < 4.78 is 5.51. The number of carbonyl (C=O) groups excluding carboxylic acids is 1. The number of benzene rings is 1. The van der Waals surface area contributed by atoms with Crippen LogP contribution in [0.4, 0.5) is 11.4 Å². The van der Waals surface area contributed by atoms with Crippen LogP contribution < -0.4 is 11.1 Å². The first-order valence-corrected chi connectivity index (χ1v) is 7.77. The molecule has 1 aromatic rings. The van der Waals surface area contributed by atoms with E-state index in [2.05, 4.69) is 19.2 Å². The summed E-state index contributed by atoms with van der Waals surface area (Å²) in [4.78, 5) is 22.8. The summed E-state index contributed by atoms with van der Waals surface area (Å²) in [6.45, 7) is 4.17. The largest absolute Gasteiger partial charge is 0.393 e. The highest BCUT2D eigenvalue weighted by Crippen LogP contribution is 2.48. The van der Waals surface area contributed by atoms with Gasteiger partial charge in [-0.15, -0.1) is 0 Å². The van der Waals surface area contributed by atoms with E-state index in [0.717, 1.165) is 19.3 Å². The van der Waals surface area contributed by atoms with Gasteiger partial charge in [0.15, 0.2) is 0 Å². The van der Waals surface area contributed by atoms with Gasteiger partial charge in [0, 0.05) is 30.2 Å². The molecule has 7 nitrogen and oxygen atoms in total. The van der Waals surface area contributed by atoms with Gasteiger partial charge in [0.2, 0.25) is 0 Å². The molecule has 1 fully saturated rings. The van der Waals surface area contributed by atoms with Crippen molar-refractivity contribution in [3.63, 3.8) is 0 Å². The van der Waals surface area contributed by atoms with Crippen LogP contribution in [-0.4, -0.2) is 30.1 Å². The van der Waals surface area contributed by atoms with Crippen LogP contribution in [0.25, 0.3) is 0 Å². The van der Waals surface area contributed by atoms with Gasteiger partial charge in [-0.3, -0.25) is 14.9 Å². The second-order valence-electron chi connectivity index (χ2n) is 5.96. The summed E-state index contributed by atoms with van der Waals surface area (Å²) in [5, 5.41) is 13.9. The molecule has 0 heterocycles. The summed E-state index contributed by atoms with van der Waals surface area (Å²) in [5.41, 5.74) is 5.52. The Bertz CT molecular complexity index is 613. The fraction of sp³-hybridized carbons (Fsp3) is 0.562. The Morgan fingerprint density at radius 1 is 1.48 bits per heavy atom. The zero-order valence-electron chi connectivity index (χ0n) is 13.7. The number of nitrogens with two attached hydrogens (primary N) is 1. The van der Waals surface area contributed by atoms with Crippen molar-refractivity contribution in [2.24, 2.45) is 5.41 Å². The molecular formula is C16H23N3O4. The van der Waals surface area contributed by atoms with Crippen LogP contribution in [-0.2, 0) is 4.74 Å². The molecule has 1 amide bonds. The van der Waals surface area contributed by atoms with E-state index in [1.54, 1.807) is 7.11 Å². The van der Waals surface area contributed by atoms with E-state index < -0.39 is 4.92 Å². The highest BCUT2D eigenvalue weighted by molar-refractivity contribution is 5.96. The van der Waals surface area contributed by atoms with Crippen LogP contribution in [0.15, 0.2) is 18.2 Å². The number of hydrogen-bond donors (Lipinski definition) is 2. The number of anilines is 1. The number of nitro benzene ring substituents is 1. The Kier molecular flexibility index (Phi) is 4.89. The van der Waals surface area contributed by atoms with E-state index in [0.29, 0.717) is 0 Å². The van der Waals surface area contributed by atoms with Crippen LogP contribution in [0.3, 0.4) is 0 Å². The van der Waals surface area contributed by atoms with Crippen LogP contribution in [0.1, 0.15) is 43.5 Å². The topological polar surface area (TPSA) is 107 Å². The third-order valence-corrected chi connectivity index (χ3v) is 5.18. The van der Waals surface area contributed by atoms with Crippen molar-refractivity contribution in [2.75, 3.05) is 12.8 Å². The van der Waals surface area contributed by atoms with Gasteiger partial charge in [-0.25, -0.2) is 0 Å². The smallest absolute Gasteiger partial charge is 0.292 e. The minimum atomic E-state index is -0.585. The van der Waals surface area contributed by atoms with Gasteiger partial charge in [-0.1, -0.05) is 13.8 Å². The first kappa shape index (κ1) is 17.2. The molecular weight excluding hydrogens is 298 g/mol. The molecule has 1 aliphatic rings. The van der Waals surface area contributed by atoms with Crippen molar-refractivity contribution in [2.45, 2.75) is 45.3 Å². The molecule has 7 heteroatoms. The molecule has 1 saturated carbocycles. The summed E-state index contributed by atoms with van der Waals surface area (Å²) in [5.74, 6) is -0.320. The number of nitro groups is 1. The Morgan fingerprint density at radius 3 is 2.65 bits per heavy atom. The van der Waals surface area contributed by atoms with Gasteiger partial charge < -0.3 is 15.8 Å². The summed E-state index contributed by atoms with van der Waals surface area (Å²) >= 11 is 0. The van der Waals surface area contributed by atoms with Crippen molar-refractivity contribution in [1.82, 2.24) is 5.32 Å². The van der Waals surface area contributed by atoms with Crippen LogP contribution in [0.5, 0.6) is 0 Å². The highest BCUT2D eigenvalue weighted by Gasteiger charge is 2.53. The lowest BCUT2D eigenvalue weighted by molar-refractivity contribution is -0.383. The van der Waals surface area contributed by atoms with E-state index in [9.17, 15) is 14.9 Å². The molecule has 0 bridgehead atoms. The highest BCUT2D eigenvalue weighted by atomic mass is 16.6. The molecule has 3 N–H and O–H groups in total. The molecule has 0 spiro atoms. The lowest BCUT2D eigenvalue weighted by atomic mass is 9.58. The first-order valence-electron chi connectivity index (χ1n) is 7.77. The Morgan fingerprint density at radius 2 is 2.13 bits per heavy atom. The Labute approximate surface area is 135 Å². The van der Waals surface area contributed by atoms with Crippen molar-refractivity contribution in [3.05, 3.63) is 33.9 Å². The number of amides is 1. The quantitative estimate of drug-likeness (QED) is 0.475. The fourth-order valence-corrected chi connectivity index (χ4v) is 3.56. The zero-order chi connectivity index (χ0) is 17.2. The molecule has 0 aliphatic heterocycles. The lowest BCUT2D eigenvalue weighted by Gasteiger charge is -2.55. The molecule has 2 atom stereocenters. The number of hydrogen-bond acceptors (Lipinski definition) is 5. The molecule has 0 radical (unpaired) electrons.